The lowest BCUT2D eigenvalue weighted by Crippen LogP contribution is -2.39. The highest BCUT2D eigenvalue weighted by molar-refractivity contribution is 5.91. The van der Waals surface area contributed by atoms with Gasteiger partial charge >= 0.3 is 0 Å². The second kappa shape index (κ2) is 7.00. The van der Waals surface area contributed by atoms with E-state index in [4.69, 9.17) is 0 Å². The minimum Gasteiger partial charge on any atom is -0.310 e. The Kier molecular flexibility index (Phi) is 4.94. The summed E-state index contributed by atoms with van der Waals surface area (Å²) in [4.78, 5) is 14.8. The number of anilines is 1. The van der Waals surface area contributed by atoms with Crippen molar-refractivity contribution >= 4 is 11.7 Å². The van der Waals surface area contributed by atoms with Crippen LogP contribution in [0.3, 0.4) is 0 Å². The van der Waals surface area contributed by atoms with Crippen molar-refractivity contribution in [2.45, 2.75) is 51.6 Å². The Morgan fingerprint density at radius 3 is 2.84 bits per heavy atom. The number of aryl methyl sites for hydroxylation is 1. The quantitative estimate of drug-likeness (QED) is 0.901. The van der Waals surface area contributed by atoms with Crippen LogP contribution in [0.15, 0.2) is 24.5 Å². The zero-order chi connectivity index (χ0) is 18.0. The maximum atomic E-state index is 12.5. The Hall–Kier alpha value is -2.15. The third kappa shape index (κ3) is 4.28. The van der Waals surface area contributed by atoms with Gasteiger partial charge in [-0.05, 0) is 25.5 Å². The van der Waals surface area contributed by atoms with Gasteiger partial charge in [-0.15, -0.1) is 0 Å². The summed E-state index contributed by atoms with van der Waals surface area (Å²) < 4.78 is 3.68. The molecule has 0 radical (unpaired) electrons. The van der Waals surface area contributed by atoms with E-state index >= 15 is 0 Å². The number of carbonyl (C=O) groups excluding carboxylic acids is 1. The van der Waals surface area contributed by atoms with E-state index in [1.165, 1.54) is 0 Å². The monoisotopic (exact) mass is 344 g/mol. The van der Waals surface area contributed by atoms with Crippen LogP contribution in [0, 0.1) is 0 Å². The van der Waals surface area contributed by atoms with Crippen molar-refractivity contribution < 1.29 is 4.79 Å². The third-order valence-corrected chi connectivity index (χ3v) is 4.72. The molecule has 0 unspecified atom stereocenters. The number of nitrogens with zero attached hydrogens (tertiary/aromatic N) is 5. The van der Waals surface area contributed by atoms with Gasteiger partial charge in [0.25, 0.3) is 0 Å². The average Bonchev–Trinajstić information content (AvgIpc) is 3.23. The van der Waals surface area contributed by atoms with E-state index in [1.807, 2.05) is 30.1 Å². The maximum absolute atomic E-state index is 12.5. The minimum absolute atomic E-state index is 0.0100. The number of amides is 1. The van der Waals surface area contributed by atoms with E-state index in [0.717, 1.165) is 37.4 Å². The minimum atomic E-state index is -0.0372. The number of hydrogen-bond acceptors (Lipinski definition) is 4. The van der Waals surface area contributed by atoms with Gasteiger partial charge in [0.2, 0.25) is 5.91 Å². The highest BCUT2D eigenvalue weighted by Crippen LogP contribution is 2.23. The van der Waals surface area contributed by atoms with Crippen molar-refractivity contribution in [2.24, 2.45) is 7.05 Å². The smallest absolute Gasteiger partial charge is 0.239 e. The molecule has 0 spiro atoms. The van der Waals surface area contributed by atoms with Gasteiger partial charge in [-0.2, -0.15) is 10.2 Å². The van der Waals surface area contributed by atoms with Gasteiger partial charge in [-0.1, -0.05) is 20.8 Å². The standard InChI is InChI=1S/C18H28N6O/c1-18(2,3)15-11-16(22(4)21-15)20-17(25)13-23-9-5-7-14(23)12-24-10-6-8-19-24/h6,8,10-11,14H,5,7,9,12-13H2,1-4H3,(H,20,25)/t14-/m1/s1. The van der Waals surface area contributed by atoms with Gasteiger partial charge in [0.05, 0.1) is 18.8 Å². The van der Waals surface area contributed by atoms with E-state index in [0.29, 0.717) is 12.6 Å². The number of carbonyl (C=O) groups is 1. The van der Waals surface area contributed by atoms with E-state index < -0.39 is 0 Å². The first-order valence-corrected chi connectivity index (χ1v) is 8.89. The molecule has 2 aromatic rings. The van der Waals surface area contributed by atoms with Crippen LogP contribution in [0.2, 0.25) is 0 Å². The Labute approximate surface area is 149 Å². The molecule has 1 saturated heterocycles. The maximum Gasteiger partial charge on any atom is 0.239 e. The van der Waals surface area contributed by atoms with Gasteiger partial charge in [0.1, 0.15) is 5.82 Å². The zero-order valence-electron chi connectivity index (χ0n) is 15.6. The summed E-state index contributed by atoms with van der Waals surface area (Å²) >= 11 is 0. The second-order valence-corrected chi connectivity index (χ2v) is 7.83. The molecule has 7 heteroatoms. The molecule has 0 aromatic carbocycles. The molecular weight excluding hydrogens is 316 g/mol. The molecule has 3 rings (SSSR count). The molecule has 1 aliphatic heterocycles. The normalized spacial score (nSPS) is 18.6. The summed E-state index contributed by atoms with van der Waals surface area (Å²) in [5.74, 6) is 0.758. The number of nitrogens with one attached hydrogen (secondary N) is 1. The first-order chi connectivity index (χ1) is 11.8. The van der Waals surface area contributed by atoms with E-state index in [1.54, 1.807) is 10.9 Å². The SMILES string of the molecule is Cn1nc(C(C)(C)C)cc1NC(=O)CN1CCC[C@@H]1Cn1cccn1. The van der Waals surface area contributed by atoms with Crippen LogP contribution in [-0.2, 0) is 23.8 Å². The fraction of sp³-hybridized carbons (Fsp3) is 0.611. The largest absolute Gasteiger partial charge is 0.310 e. The van der Waals surface area contributed by atoms with Crippen molar-refractivity contribution in [1.29, 1.82) is 0 Å². The number of likely N-dealkylation sites (tertiary alicyclic amines) is 1. The predicted octanol–water partition coefficient (Wildman–Crippen LogP) is 2.02. The van der Waals surface area contributed by atoms with Gasteiger partial charge in [0, 0.05) is 37.0 Å². The molecule has 1 aliphatic rings. The summed E-state index contributed by atoms with van der Waals surface area (Å²) in [5.41, 5.74) is 0.938. The van der Waals surface area contributed by atoms with Crippen LogP contribution in [-0.4, -0.2) is 49.5 Å². The molecule has 136 valence electrons. The molecule has 1 N–H and O–H groups in total. The highest BCUT2D eigenvalue weighted by Gasteiger charge is 2.27. The Morgan fingerprint density at radius 2 is 2.20 bits per heavy atom. The van der Waals surface area contributed by atoms with Crippen LogP contribution < -0.4 is 5.32 Å². The number of aromatic nitrogens is 4. The number of hydrogen-bond donors (Lipinski definition) is 1. The first kappa shape index (κ1) is 17.7. The molecule has 2 aromatic heterocycles. The molecule has 25 heavy (non-hydrogen) atoms. The van der Waals surface area contributed by atoms with Crippen molar-refractivity contribution in [2.75, 3.05) is 18.4 Å². The van der Waals surface area contributed by atoms with Gasteiger partial charge in [-0.25, -0.2) is 0 Å². The van der Waals surface area contributed by atoms with Crippen LogP contribution >= 0.6 is 0 Å². The molecule has 0 bridgehead atoms. The molecule has 1 fully saturated rings. The molecule has 0 aliphatic carbocycles. The summed E-state index contributed by atoms with van der Waals surface area (Å²) in [5, 5.41) is 11.8. The van der Waals surface area contributed by atoms with Crippen LogP contribution in [0.5, 0.6) is 0 Å². The first-order valence-electron chi connectivity index (χ1n) is 8.89. The van der Waals surface area contributed by atoms with Crippen molar-refractivity contribution in [3.8, 4) is 0 Å². The molecular formula is C18H28N6O. The third-order valence-electron chi connectivity index (χ3n) is 4.72. The fourth-order valence-corrected chi connectivity index (χ4v) is 3.25. The van der Waals surface area contributed by atoms with Gasteiger partial charge in [-0.3, -0.25) is 19.1 Å². The summed E-state index contributed by atoms with van der Waals surface area (Å²) in [6.45, 7) is 8.54. The van der Waals surface area contributed by atoms with E-state index in [9.17, 15) is 4.79 Å². The lowest BCUT2D eigenvalue weighted by Gasteiger charge is -2.23. The zero-order valence-corrected chi connectivity index (χ0v) is 15.6. The highest BCUT2D eigenvalue weighted by atomic mass is 16.2. The van der Waals surface area contributed by atoms with Crippen LogP contribution in [0.4, 0.5) is 5.82 Å². The Morgan fingerprint density at radius 1 is 1.40 bits per heavy atom. The second-order valence-electron chi connectivity index (χ2n) is 7.83. The molecule has 1 amide bonds. The molecule has 1 atom stereocenters. The Bertz CT molecular complexity index is 713. The van der Waals surface area contributed by atoms with Crippen LogP contribution in [0.25, 0.3) is 0 Å². The Balaban J connectivity index is 1.59. The molecule has 7 nitrogen and oxygen atoms in total. The average molecular weight is 344 g/mol. The molecule has 0 saturated carbocycles. The number of rotatable bonds is 5. The predicted molar refractivity (Wildman–Crippen MR) is 97.4 cm³/mol. The van der Waals surface area contributed by atoms with Crippen LogP contribution in [0.1, 0.15) is 39.3 Å². The van der Waals surface area contributed by atoms with E-state index in [2.05, 4.69) is 41.2 Å². The lowest BCUT2D eigenvalue weighted by molar-refractivity contribution is -0.117. The van der Waals surface area contributed by atoms with Crippen molar-refractivity contribution in [3.05, 3.63) is 30.2 Å². The van der Waals surface area contributed by atoms with Crippen molar-refractivity contribution in [1.82, 2.24) is 24.5 Å². The topological polar surface area (TPSA) is 68.0 Å². The van der Waals surface area contributed by atoms with Crippen molar-refractivity contribution in [3.63, 3.8) is 0 Å². The molecule has 3 heterocycles. The summed E-state index contributed by atoms with van der Waals surface area (Å²) in [6, 6.07) is 4.26. The van der Waals surface area contributed by atoms with E-state index in [-0.39, 0.29) is 11.3 Å². The van der Waals surface area contributed by atoms with Gasteiger partial charge < -0.3 is 5.32 Å². The lowest BCUT2D eigenvalue weighted by atomic mass is 9.92. The fourth-order valence-electron chi connectivity index (χ4n) is 3.25. The van der Waals surface area contributed by atoms with Gasteiger partial charge in [0.15, 0.2) is 0 Å². The summed E-state index contributed by atoms with van der Waals surface area (Å²) in [7, 11) is 1.86. The summed E-state index contributed by atoms with van der Waals surface area (Å²) in [6.07, 6.45) is 5.99.